The van der Waals surface area contributed by atoms with Gasteiger partial charge in [0.05, 0.1) is 12.4 Å². The van der Waals surface area contributed by atoms with Gasteiger partial charge < -0.3 is 9.26 Å². The van der Waals surface area contributed by atoms with Crippen molar-refractivity contribution in [2.45, 2.75) is 19.1 Å². The van der Waals surface area contributed by atoms with Crippen molar-refractivity contribution in [2.75, 3.05) is 19.0 Å². The Labute approximate surface area is 147 Å². The van der Waals surface area contributed by atoms with E-state index in [0.29, 0.717) is 24.3 Å². The minimum absolute atomic E-state index is 0.00376. The van der Waals surface area contributed by atoms with Gasteiger partial charge in [-0.25, -0.2) is 13.1 Å². The lowest BCUT2D eigenvalue weighted by molar-refractivity contribution is -0.159. The lowest BCUT2D eigenvalue weighted by atomic mass is 10.1. The van der Waals surface area contributed by atoms with Gasteiger partial charge in [0.2, 0.25) is 15.8 Å². The van der Waals surface area contributed by atoms with Crippen LogP contribution in [0.25, 0.3) is 11.4 Å². The molecular weight excluding hydrogens is 375 g/mol. The van der Waals surface area contributed by atoms with Crippen molar-refractivity contribution in [3.63, 3.8) is 0 Å². The Balaban J connectivity index is 1.60. The van der Waals surface area contributed by atoms with Gasteiger partial charge in [-0.3, -0.25) is 0 Å². The number of alkyl halides is 3. The number of rotatable bonds is 6. The molecule has 1 saturated heterocycles. The molecule has 142 valence electrons. The molecule has 0 amide bonds. The third-order valence-corrected chi connectivity index (χ3v) is 5.35. The summed E-state index contributed by atoms with van der Waals surface area (Å²) in [5.74, 6) is -1.60. The highest BCUT2D eigenvalue weighted by Crippen LogP contribution is 2.29. The predicted molar refractivity (Wildman–Crippen MR) is 84.3 cm³/mol. The fraction of sp³-hybridized carbons (Fsp3) is 0.467. The van der Waals surface area contributed by atoms with E-state index in [2.05, 4.69) is 19.4 Å². The van der Waals surface area contributed by atoms with Gasteiger partial charge in [-0.2, -0.15) is 18.2 Å². The van der Waals surface area contributed by atoms with Crippen LogP contribution in [0.2, 0.25) is 0 Å². The van der Waals surface area contributed by atoms with E-state index in [1.807, 2.05) is 0 Å². The van der Waals surface area contributed by atoms with Crippen LogP contribution in [0.1, 0.15) is 17.9 Å². The zero-order valence-corrected chi connectivity index (χ0v) is 14.3. The molecule has 1 aromatic heterocycles. The third kappa shape index (κ3) is 4.80. The second kappa shape index (κ2) is 7.33. The number of hydrogen-bond donors (Lipinski definition) is 1. The van der Waals surface area contributed by atoms with E-state index in [4.69, 9.17) is 4.74 Å². The number of benzene rings is 1. The molecule has 2 aromatic rings. The van der Waals surface area contributed by atoms with Crippen LogP contribution in [-0.2, 0) is 27.5 Å². The Hall–Kier alpha value is -1.98. The van der Waals surface area contributed by atoms with Crippen LogP contribution in [0.15, 0.2) is 28.8 Å². The molecule has 0 aliphatic carbocycles. The normalized spacial score (nSPS) is 18.3. The minimum atomic E-state index is -4.70. The molecule has 1 atom stereocenters. The van der Waals surface area contributed by atoms with Gasteiger partial charge in [0, 0.05) is 18.7 Å². The van der Waals surface area contributed by atoms with Crippen molar-refractivity contribution in [3.8, 4) is 11.4 Å². The Kier molecular flexibility index (Phi) is 5.30. The van der Waals surface area contributed by atoms with Gasteiger partial charge in [-0.15, -0.1) is 0 Å². The molecular formula is C15H16F3N3O4S. The van der Waals surface area contributed by atoms with E-state index in [0.717, 1.165) is 6.42 Å². The smallest absolute Gasteiger partial charge is 0.381 e. The molecule has 7 nitrogen and oxygen atoms in total. The summed E-state index contributed by atoms with van der Waals surface area (Å²) in [4.78, 5) is 3.30. The van der Waals surface area contributed by atoms with Gasteiger partial charge in [0.1, 0.15) is 0 Å². The summed E-state index contributed by atoms with van der Waals surface area (Å²) in [6.07, 6.45) is -3.98. The molecule has 1 aliphatic rings. The zero-order valence-electron chi connectivity index (χ0n) is 13.5. The highest BCUT2D eigenvalue weighted by atomic mass is 32.2. The van der Waals surface area contributed by atoms with E-state index in [-0.39, 0.29) is 24.0 Å². The fourth-order valence-corrected chi connectivity index (χ4v) is 3.89. The van der Waals surface area contributed by atoms with Crippen LogP contribution in [0.3, 0.4) is 0 Å². The molecule has 26 heavy (non-hydrogen) atoms. The third-order valence-electron chi connectivity index (χ3n) is 3.86. The standard InChI is InChI=1S/C15H16F3N3O4S/c16-15(17,18)14-20-13(21-25-14)12-3-1-10(2-4-12)7-19-26(22,23)9-11-5-6-24-8-11/h1-4,11,19H,5-9H2. The lowest BCUT2D eigenvalue weighted by Gasteiger charge is -2.10. The van der Waals surface area contributed by atoms with E-state index >= 15 is 0 Å². The van der Waals surface area contributed by atoms with Crippen LogP contribution >= 0.6 is 0 Å². The summed E-state index contributed by atoms with van der Waals surface area (Å²) in [6, 6.07) is 6.17. The van der Waals surface area contributed by atoms with E-state index in [1.54, 1.807) is 12.1 Å². The highest BCUT2D eigenvalue weighted by molar-refractivity contribution is 7.89. The first-order valence-electron chi connectivity index (χ1n) is 7.78. The Morgan fingerprint density at radius 3 is 2.54 bits per heavy atom. The summed E-state index contributed by atoms with van der Waals surface area (Å²) in [5.41, 5.74) is 0.985. The molecule has 0 radical (unpaired) electrons. The molecule has 0 saturated carbocycles. The minimum Gasteiger partial charge on any atom is -0.381 e. The summed E-state index contributed by atoms with van der Waals surface area (Å²) < 4.78 is 73.3. The molecule has 2 heterocycles. The SMILES string of the molecule is O=S(=O)(CC1CCOC1)NCc1ccc(-c2noc(C(F)(F)F)n2)cc1. The second-order valence-electron chi connectivity index (χ2n) is 5.95. The van der Waals surface area contributed by atoms with Gasteiger partial charge in [0.25, 0.3) is 0 Å². The maximum atomic E-state index is 12.5. The quantitative estimate of drug-likeness (QED) is 0.811. The summed E-state index contributed by atoms with van der Waals surface area (Å²) in [5, 5.41) is 3.30. The zero-order chi connectivity index (χ0) is 18.8. The molecule has 0 bridgehead atoms. The van der Waals surface area contributed by atoms with Gasteiger partial charge in [-0.05, 0) is 17.9 Å². The van der Waals surface area contributed by atoms with Crippen LogP contribution < -0.4 is 4.72 Å². The largest absolute Gasteiger partial charge is 0.471 e. The predicted octanol–water partition coefficient (Wildman–Crippen LogP) is 2.21. The van der Waals surface area contributed by atoms with Crippen LogP contribution in [0.5, 0.6) is 0 Å². The first-order valence-corrected chi connectivity index (χ1v) is 9.43. The molecule has 11 heteroatoms. The van der Waals surface area contributed by atoms with Crippen LogP contribution in [-0.4, -0.2) is 37.5 Å². The van der Waals surface area contributed by atoms with E-state index in [9.17, 15) is 21.6 Å². The number of nitrogens with one attached hydrogen (secondary N) is 1. The van der Waals surface area contributed by atoms with Crippen LogP contribution in [0.4, 0.5) is 13.2 Å². The Morgan fingerprint density at radius 1 is 1.23 bits per heavy atom. The summed E-state index contributed by atoms with van der Waals surface area (Å²) >= 11 is 0. The Bertz CT molecular complexity index is 844. The molecule has 1 fully saturated rings. The van der Waals surface area contributed by atoms with Gasteiger partial charge in [-0.1, -0.05) is 29.4 Å². The molecule has 1 aliphatic heterocycles. The van der Waals surface area contributed by atoms with Crippen molar-refractivity contribution in [2.24, 2.45) is 5.92 Å². The van der Waals surface area contributed by atoms with E-state index < -0.39 is 22.1 Å². The summed E-state index contributed by atoms with van der Waals surface area (Å²) in [6.45, 7) is 1.10. The highest BCUT2D eigenvalue weighted by Gasteiger charge is 2.38. The molecule has 0 spiro atoms. The molecule has 3 rings (SSSR count). The maximum absolute atomic E-state index is 12.5. The van der Waals surface area contributed by atoms with Crippen molar-refractivity contribution in [1.82, 2.24) is 14.9 Å². The molecule has 1 aromatic carbocycles. The second-order valence-corrected chi connectivity index (χ2v) is 7.80. The van der Waals surface area contributed by atoms with Crippen molar-refractivity contribution in [3.05, 3.63) is 35.7 Å². The topological polar surface area (TPSA) is 94.3 Å². The van der Waals surface area contributed by atoms with Crippen LogP contribution in [0, 0.1) is 5.92 Å². The number of aromatic nitrogens is 2. The lowest BCUT2D eigenvalue weighted by Crippen LogP contribution is -2.29. The van der Waals surface area contributed by atoms with Crippen molar-refractivity contribution in [1.29, 1.82) is 0 Å². The van der Waals surface area contributed by atoms with Crippen molar-refractivity contribution >= 4 is 10.0 Å². The average molecular weight is 391 g/mol. The number of hydrogen-bond acceptors (Lipinski definition) is 6. The first kappa shape index (κ1) is 18.8. The molecule has 1 N–H and O–H groups in total. The number of sulfonamides is 1. The van der Waals surface area contributed by atoms with E-state index in [1.165, 1.54) is 12.1 Å². The average Bonchev–Trinajstić information content (AvgIpc) is 3.24. The molecule has 1 unspecified atom stereocenters. The van der Waals surface area contributed by atoms with Crippen molar-refractivity contribution < 1.29 is 30.8 Å². The van der Waals surface area contributed by atoms with Gasteiger partial charge in [0.15, 0.2) is 0 Å². The summed E-state index contributed by atoms with van der Waals surface area (Å²) in [7, 11) is -3.43. The fourth-order valence-electron chi connectivity index (χ4n) is 2.50. The van der Waals surface area contributed by atoms with Gasteiger partial charge >= 0.3 is 12.1 Å². The number of halogens is 3. The monoisotopic (exact) mass is 391 g/mol. The first-order chi connectivity index (χ1) is 12.2. The maximum Gasteiger partial charge on any atom is 0.471 e. The Morgan fingerprint density at radius 2 is 1.96 bits per heavy atom. The number of nitrogens with zero attached hydrogens (tertiary/aromatic N) is 2. The number of ether oxygens (including phenoxy) is 1.